The highest BCUT2D eigenvalue weighted by Crippen LogP contribution is 2.36. The van der Waals surface area contributed by atoms with E-state index in [1.165, 1.54) is 4.90 Å². The fraction of sp³-hybridized carbons (Fsp3) is 0.185. The molecule has 180 valence electrons. The molecule has 0 spiro atoms. The molecule has 0 aliphatic carbocycles. The van der Waals surface area contributed by atoms with Gasteiger partial charge in [-0.3, -0.25) is 14.1 Å². The van der Waals surface area contributed by atoms with Gasteiger partial charge in [-0.2, -0.15) is 5.10 Å². The van der Waals surface area contributed by atoms with Crippen LogP contribution in [0.4, 0.5) is 4.79 Å². The van der Waals surface area contributed by atoms with E-state index in [2.05, 4.69) is 17.7 Å². The molecule has 5 heterocycles. The number of rotatable bonds is 4. The Hall–Kier alpha value is -4.17. The summed E-state index contributed by atoms with van der Waals surface area (Å²) in [5.41, 5.74) is 6.85. The van der Waals surface area contributed by atoms with Crippen LogP contribution in [0.15, 0.2) is 67.8 Å². The van der Waals surface area contributed by atoms with E-state index in [1.54, 1.807) is 6.20 Å². The Labute approximate surface area is 212 Å². The van der Waals surface area contributed by atoms with Crippen molar-refractivity contribution in [2.45, 2.75) is 19.4 Å². The van der Waals surface area contributed by atoms with Gasteiger partial charge in [0.15, 0.2) is 0 Å². The predicted octanol–water partition coefficient (Wildman–Crippen LogP) is 6.02. The van der Waals surface area contributed by atoms with Crippen molar-refractivity contribution in [3.8, 4) is 22.4 Å². The molecular weight excluding hydrogens is 476 g/mol. The van der Waals surface area contributed by atoms with E-state index in [-0.39, 0.29) is 6.04 Å². The van der Waals surface area contributed by atoms with Gasteiger partial charge in [-0.1, -0.05) is 36.4 Å². The average Bonchev–Trinajstić information content (AvgIpc) is 3.62. The lowest BCUT2D eigenvalue weighted by Crippen LogP contribution is -2.27. The number of benzene rings is 1. The second-order valence-corrected chi connectivity index (χ2v) is 9.52. The second-order valence-electron chi connectivity index (χ2n) is 9.12. The highest BCUT2D eigenvalue weighted by molar-refractivity contribution is 6.33. The van der Waals surface area contributed by atoms with Crippen LogP contribution < -0.4 is 0 Å². The molecule has 5 aromatic rings. The van der Waals surface area contributed by atoms with Crippen molar-refractivity contribution in [3.63, 3.8) is 0 Å². The molecule has 1 N–H and O–H groups in total. The Morgan fingerprint density at radius 3 is 2.78 bits per heavy atom. The lowest BCUT2D eigenvalue weighted by molar-refractivity contribution is 0.154. The standard InChI is InChI=1S/C27H23ClN6O2/c1-16(2)25-24(20-5-3-4-6-22(20)28)31-26-21-11-17(12-29-23(21)8-10-33(25)26)18-13-30-34(14-18)19-7-9-32(15-19)27(35)36/h3-6,8,10-14,19H,1,7,9,15H2,2H3,(H,35,36)/t19-/m0/s1. The number of halogens is 1. The SMILES string of the molecule is C=C(C)c1c(-c2ccccc2Cl)nc2c3cc(-c4cnn([C@H]5CCN(C(=O)O)C5)c4)cnc3ccn12. The molecule has 1 aliphatic rings. The van der Waals surface area contributed by atoms with Gasteiger partial charge < -0.3 is 10.0 Å². The van der Waals surface area contributed by atoms with Gasteiger partial charge in [0.25, 0.3) is 0 Å². The van der Waals surface area contributed by atoms with Crippen molar-refractivity contribution < 1.29 is 9.90 Å². The molecule has 1 amide bonds. The third kappa shape index (κ3) is 3.61. The quantitative estimate of drug-likeness (QED) is 0.327. The van der Waals surface area contributed by atoms with Gasteiger partial charge in [-0.05, 0) is 37.1 Å². The van der Waals surface area contributed by atoms with E-state index in [1.807, 2.05) is 64.9 Å². The fourth-order valence-electron chi connectivity index (χ4n) is 4.93. The summed E-state index contributed by atoms with van der Waals surface area (Å²) in [4.78, 5) is 22.4. The van der Waals surface area contributed by atoms with Gasteiger partial charge in [0.2, 0.25) is 0 Å². The summed E-state index contributed by atoms with van der Waals surface area (Å²) < 4.78 is 3.89. The Morgan fingerprint density at radius 1 is 1.19 bits per heavy atom. The van der Waals surface area contributed by atoms with E-state index in [0.29, 0.717) is 18.1 Å². The molecule has 9 heteroatoms. The maximum Gasteiger partial charge on any atom is 0.407 e. The van der Waals surface area contributed by atoms with Crippen LogP contribution >= 0.6 is 11.6 Å². The molecule has 1 saturated heterocycles. The van der Waals surface area contributed by atoms with Crippen molar-refractivity contribution in [3.05, 3.63) is 78.5 Å². The van der Waals surface area contributed by atoms with Gasteiger partial charge in [-0.15, -0.1) is 0 Å². The lowest BCUT2D eigenvalue weighted by atomic mass is 10.1. The minimum Gasteiger partial charge on any atom is -0.465 e. The first-order valence-corrected chi connectivity index (χ1v) is 12.0. The molecule has 6 rings (SSSR count). The molecule has 0 bridgehead atoms. The van der Waals surface area contributed by atoms with Crippen LogP contribution in [0.5, 0.6) is 0 Å². The summed E-state index contributed by atoms with van der Waals surface area (Å²) in [7, 11) is 0. The monoisotopic (exact) mass is 498 g/mol. The topological polar surface area (TPSA) is 88.5 Å². The number of amides is 1. The second kappa shape index (κ2) is 8.49. The fourth-order valence-corrected chi connectivity index (χ4v) is 5.15. The van der Waals surface area contributed by atoms with E-state index < -0.39 is 6.09 Å². The van der Waals surface area contributed by atoms with Crippen LogP contribution in [0, 0.1) is 0 Å². The third-order valence-corrected chi connectivity index (χ3v) is 7.06. The van der Waals surface area contributed by atoms with Crippen LogP contribution in [0.3, 0.4) is 0 Å². The molecule has 0 unspecified atom stereocenters. The normalized spacial score (nSPS) is 15.7. The maximum atomic E-state index is 11.3. The number of hydrogen-bond donors (Lipinski definition) is 1. The van der Waals surface area contributed by atoms with Crippen LogP contribution in [-0.4, -0.2) is 53.3 Å². The Balaban J connectivity index is 1.46. The van der Waals surface area contributed by atoms with Crippen LogP contribution in [-0.2, 0) is 0 Å². The average molecular weight is 499 g/mol. The molecule has 1 aromatic carbocycles. The van der Waals surface area contributed by atoms with Gasteiger partial charge in [0, 0.05) is 53.8 Å². The number of carboxylic acid groups (broad SMARTS) is 1. The number of hydrogen-bond acceptors (Lipinski definition) is 4. The number of nitrogens with zero attached hydrogens (tertiary/aromatic N) is 6. The largest absolute Gasteiger partial charge is 0.465 e. The first-order chi connectivity index (χ1) is 17.4. The first-order valence-electron chi connectivity index (χ1n) is 11.6. The molecule has 1 aliphatic heterocycles. The Bertz CT molecular complexity index is 1670. The predicted molar refractivity (Wildman–Crippen MR) is 140 cm³/mol. The Morgan fingerprint density at radius 2 is 2.03 bits per heavy atom. The van der Waals surface area contributed by atoms with Crippen LogP contribution in [0.1, 0.15) is 25.1 Å². The van der Waals surface area contributed by atoms with E-state index in [9.17, 15) is 9.90 Å². The van der Waals surface area contributed by atoms with Gasteiger partial charge in [-0.25, -0.2) is 9.78 Å². The molecule has 4 aromatic heterocycles. The van der Waals surface area contributed by atoms with Crippen molar-refractivity contribution in [2.24, 2.45) is 0 Å². The third-order valence-electron chi connectivity index (χ3n) is 6.73. The summed E-state index contributed by atoms with van der Waals surface area (Å²) in [6.07, 6.45) is 7.40. The maximum absolute atomic E-state index is 11.3. The number of pyridine rings is 2. The number of imidazole rings is 1. The van der Waals surface area contributed by atoms with Crippen LogP contribution in [0.2, 0.25) is 5.02 Å². The summed E-state index contributed by atoms with van der Waals surface area (Å²) in [5, 5.41) is 15.3. The number of fused-ring (bicyclic) bond motifs is 3. The summed E-state index contributed by atoms with van der Waals surface area (Å²) >= 11 is 6.53. The molecule has 1 fully saturated rings. The highest BCUT2D eigenvalue weighted by atomic mass is 35.5. The molecule has 0 radical (unpaired) electrons. The summed E-state index contributed by atoms with van der Waals surface area (Å²) in [5.74, 6) is 0. The van der Waals surface area contributed by atoms with E-state index in [4.69, 9.17) is 21.6 Å². The lowest BCUT2D eigenvalue weighted by Gasteiger charge is -2.12. The Kier molecular flexibility index (Phi) is 5.26. The number of aromatic nitrogens is 5. The molecular formula is C27H23ClN6O2. The van der Waals surface area contributed by atoms with Gasteiger partial charge >= 0.3 is 6.09 Å². The summed E-state index contributed by atoms with van der Waals surface area (Å²) in [6.45, 7) is 7.12. The molecule has 0 saturated carbocycles. The van der Waals surface area contributed by atoms with Crippen molar-refractivity contribution in [1.82, 2.24) is 29.0 Å². The number of allylic oxidation sites excluding steroid dienone is 1. The van der Waals surface area contributed by atoms with Crippen LogP contribution in [0.25, 0.3) is 44.5 Å². The molecule has 1 atom stereocenters. The van der Waals surface area contributed by atoms with Gasteiger partial charge in [0.05, 0.1) is 34.2 Å². The number of carbonyl (C=O) groups is 1. The highest BCUT2D eigenvalue weighted by Gasteiger charge is 2.27. The first kappa shape index (κ1) is 22.3. The molecule has 8 nitrogen and oxygen atoms in total. The van der Waals surface area contributed by atoms with Crippen molar-refractivity contribution >= 4 is 39.8 Å². The van der Waals surface area contributed by atoms with Gasteiger partial charge in [0.1, 0.15) is 5.65 Å². The minimum absolute atomic E-state index is 0.0265. The smallest absolute Gasteiger partial charge is 0.407 e. The summed E-state index contributed by atoms with van der Waals surface area (Å²) in [6, 6.07) is 11.7. The van der Waals surface area contributed by atoms with E-state index >= 15 is 0 Å². The zero-order valence-corrected chi connectivity index (χ0v) is 20.4. The molecule has 36 heavy (non-hydrogen) atoms. The van der Waals surface area contributed by atoms with E-state index in [0.717, 1.165) is 56.6 Å². The minimum atomic E-state index is -0.891. The zero-order valence-electron chi connectivity index (χ0n) is 19.6. The number of likely N-dealkylation sites (tertiary alicyclic amines) is 1. The van der Waals surface area contributed by atoms with Crippen molar-refractivity contribution in [2.75, 3.05) is 13.1 Å². The zero-order chi connectivity index (χ0) is 25.0. The van der Waals surface area contributed by atoms with Crippen molar-refractivity contribution in [1.29, 1.82) is 0 Å².